The maximum absolute atomic E-state index is 12.9. The minimum Gasteiger partial charge on any atom is -0.473 e. The van der Waals surface area contributed by atoms with Crippen LogP contribution in [0.4, 0.5) is 13.2 Å². The van der Waals surface area contributed by atoms with Crippen LogP contribution in [0.1, 0.15) is 21.5 Å². The number of carbonyl (C=O) groups is 1. The van der Waals surface area contributed by atoms with Gasteiger partial charge in [-0.2, -0.15) is 13.2 Å². The molecule has 1 heterocycles. The van der Waals surface area contributed by atoms with Crippen molar-refractivity contribution >= 4 is 6.29 Å². The van der Waals surface area contributed by atoms with Gasteiger partial charge < -0.3 is 4.74 Å². The Kier molecular flexibility index (Phi) is 5.02. The van der Waals surface area contributed by atoms with E-state index in [-0.39, 0.29) is 11.1 Å². The maximum atomic E-state index is 12.9. The quantitative estimate of drug-likeness (QED) is 0.592. The van der Waals surface area contributed by atoms with Crippen molar-refractivity contribution in [1.82, 2.24) is 4.98 Å². The molecule has 0 spiro atoms. The van der Waals surface area contributed by atoms with Gasteiger partial charge in [-0.15, -0.1) is 0 Å². The summed E-state index contributed by atoms with van der Waals surface area (Å²) >= 11 is 0. The lowest BCUT2D eigenvalue weighted by Crippen LogP contribution is -2.05. The number of nitrogens with zero attached hydrogens (tertiary/aromatic N) is 1. The molecule has 3 aromatic rings. The summed E-state index contributed by atoms with van der Waals surface area (Å²) in [6.07, 6.45) is -2.57. The second-order valence-electron chi connectivity index (χ2n) is 5.58. The van der Waals surface area contributed by atoms with Crippen molar-refractivity contribution in [2.75, 3.05) is 0 Å². The number of hydrogen-bond acceptors (Lipinski definition) is 3. The summed E-state index contributed by atoms with van der Waals surface area (Å²) in [6, 6.07) is 15.6. The van der Waals surface area contributed by atoms with E-state index in [9.17, 15) is 18.0 Å². The molecule has 0 aliphatic rings. The summed E-state index contributed by atoms with van der Waals surface area (Å²) in [5.41, 5.74) is 0.905. The highest BCUT2D eigenvalue weighted by molar-refractivity contribution is 5.87. The van der Waals surface area contributed by atoms with Gasteiger partial charge in [0.1, 0.15) is 6.61 Å². The van der Waals surface area contributed by atoms with Gasteiger partial charge in [-0.05, 0) is 29.3 Å². The molecule has 0 radical (unpaired) electrons. The molecule has 0 amide bonds. The van der Waals surface area contributed by atoms with Crippen LogP contribution in [0.5, 0.6) is 5.88 Å². The number of carbonyl (C=O) groups excluding carboxylic acids is 1. The summed E-state index contributed by atoms with van der Waals surface area (Å²) in [5, 5.41) is 0. The van der Waals surface area contributed by atoms with Gasteiger partial charge in [0.2, 0.25) is 5.88 Å². The van der Waals surface area contributed by atoms with Crippen LogP contribution in [-0.2, 0) is 12.8 Å². The highest BCUT2D eigenvalue weighted by Gasteiger charge is 2.31. The molecule has 3 nitrogen and oxygen atoms in total. The van der Waals surface area contributed by atoms with Crippen molar-refractivity contribution in [3.8, 4) is 17.0 Å². The van der Waals surface area contributed by atoms with Crippen LogP contribution in [0, 0.1) is 0 Å². The van der Waals surface area contributed by atoms with Crippen molar-refractivity contribution in [3.63, 3.8) is 0 Å². The summed E-state index contributed by atoms with van der Waals surface area (Å²) < 4.78 is 44.3. The lowest BCUT2D eigenvalue weighted by atomic mass is 9.99. The molecule has 0 atom stereocenters. The van der Waals surface area contributed by atoms with E-state index < -0.39 is 11.7 Å². The average molecular weight is 357 g/mol. The molecular weight excluding hydrogens is 343 g/mol. The van der Waals surface area contributed by atoms with Gasteiger partial charge in [0.25, 0.3) is 0 Å². The van der Waals surface area contributed by atoms with Crippen LogP contribution >= 0.6 is 0 Å². The number of aromatic nitrogens is 1. The van der Waals surface area contributed by atoms with Gasteiger partial charge in [-0.25, -0.2) is 4.98 Å². The third-order valence-electron chi connectivity index (χ3n) is 3.78. The largest absolute Gasteiger partial charge is 0.473 e. The first-order chi connectivity index (χ1) is 12.5. The molecule has 26 heavy (non-hydrogen) atoms. The maximum Gasteiger partial charge on any atom is 0.416 e. The zero-order valence-electron chi connectivity index (χ0n) is 13.5. The third kappa shape index (κ3) is 4.08. The first-order valence-corrected chi connectivity index (χ1v) is 7.77. The Balaban J connectivity index is 1.83. The van der Waals surface area contributed by atoms with Crippen LogP contribution < -0.4 is 4.74 Å². The van der Waals surface area contributed by atoms with Crippen molar-refractivity contribution in [3.05, 3.63) is 83.6 Å². The standard InChI is InChI=1S/C20H14F3NO2/c21-20(22,23)17-8-6-16(12-25)18(10-17)15-7-9-19(24-11-15)26-13-14-4-2-1-3-5-14/h1-12H,13H2. The number of aldehydes is 1. The SMILES string of the molecule is O=Cc1ccc(C(F)(F)F)cc1-c1ccc(OCc2ccccc2)nc1. The lowest BCUT2D eigenvalue weighted by molar-refractivity contribution is -0.137. The molecule has 3 rings (SSSR count). The van der Waals surface area contributed by atoms with E-state index in [0.717, 1.165) is 23.8 Å². The molecule has 0 N–H and O–H groups in total. The van der Waals surface area contributed by atoms with Gasteiger partial charge in [0, 0.05) is 23.4 Å². The minimum absolute atomic E-state index is 0.165. The summed E-state index contributed by atoms with van der Waals surface area (Å²) in [4.78, 5) is 15.3. The Bertz CT molecular complexity index is 891. The summed E-state index contributed by atoms with van der Waals surface area (Å²) in [5.74, 6) is 0.345. The number of halogens is 3. The van der Waals surface area contributed by atoms with Gasteiger partial charge in [-0.3, -0.25) is 4.79 Å². The van der Waals surface area contributed by atoms with E-state index >= 15 is 0 Å². The second kappa shape index (κ2) is 7.39. The number of rotatable bonds is 5. The highest BCUT2D eigenvalue weighted by Crippen LogP contribution is 2.33. The molecule has 0 aliphatic heterocycles. The third-order valence-corrected chi connectivity index (χ3v) is 3.78. The molecule has 6 heteroatoms. The summed E-state index contributed by atoms with van der Waals surface area (Å²) in [6.45, 7) is 0.330. The monoisotopic (exact) mass is 357 g/mol. The molecule has 0 aliphatic carbocycles. The average Bonchev–Trinajstić information content (AvgIpc) is 2.66. The highest BCUT2D eigenvalue weighted by atomic mass is 19.4. The molecule has 0 saturated carbocycles. The predicted octanol–water partition coefficient (Wildman–Crippen LogP) is 5.16. The summed E-state index contributed by atoms with van der Waals surface area (Å²) in [7, 11) is 0. The van der Waals surface area contributed by atoms with Crippen LogP contribution in [0.25, 0.3) is 11.1 Å². The van der Waals surface area contributed by atoms with E-state index in [1.807, 2.05) is 30.3 Å². The number of alkyl halides is 3. The van der Waals surface area contributed by atoms with Gasteiger partial charge in [-0.1, -0.05) is 36.4 Å². The van der Waals surface area contributed by atoms with E-state index in [0.29, 0.717) is 24.3 Å². The van der Waals surface area contributed by atoms with Crippen LogP contribution in [0.15, 0.2) is 66.9 Å². The smallest absolute Gasteiger partial charge is 0.416 e. The van der Waals surface area contributed by atoms with Crippen LogP contribution in [0.2, 0.25) is 0 Å². The first-order valence-electron chi connectivity index (χ1n) is 7.77. The van der Waals surface area contributed by atoms with Gasteiger partial charge in [0.15, 0.2) is 6.29 Å². The lowest BCUT2D eigenvalue weighted by Gasteiger charge is -2.11. The van der Waals surface area contributed by atoms with Gasteiger partial charge in [0.05, 0.1) is 5.56 Å². The van der Waals surface area contributed by atoms with Crippen molar-refractivity contribution in [2.24, 2.45) is 0 Å². The fraction of sp³-hybridized carbons (Fsp3) is 0.100. The predicted molar refractivity (Wildman–Crippen MR) is 90.8 cm³/mol. The molecule has 1 aromatic heterocycles. The molecule has 0 saturated heterocycles. The molecular formula is C20H14F3NO2. The van der Waals surface area contributed by atoms with E-state index in [4.69, 9.17) is 4.74 Å². The molecule has 0 fully saturated rings. The molecule has 0 bridgehead atoms. The zero-order chi connectivity index (χ0) is 18.6. The second-order valence-corrected chi connectivity index (χ2v) is 5.58. The Labute approximate surface area is 148 Å². The van der Waals surface area contributed by atoms with Crippen molar-refractivity contribution < 1.29 is 22.7 Å². The fourth-order valence-corrected chi connectivity index (χ4v) is 2.44. The van der Waals surface area contributed by atoms with E-state index in [1.165, 1.54) is 6.20 Å². The number of pyridine rings is 1. The van der Waals surface area contributed by atoms with Crippen molar-refractivity contribution in [1.29, 1.82) is 0 Å². The normalized spacial score (nSPS) is 11.2. The number of benzene rings is 2. The Morgan fingerprint density at radius 1 is 1.00 bits per heavy atom. The first kappa shape index (κ1) is 17.7. The van der Waals surface area contributed by atoms with Gasteiger partial charge >= 0.3 is 6.18 Å². The fourth-order valence-electron chi connectivity index (χ4n) is 2.44. The topological polar surface area (TPSA) is 39.2 Å². The van der Waals surface area contributed by atoms with E-state index in [2.05, 4.69) is 4.98 Å². The van der Waals surface area contributed by atoms with Crippen molar-refractivity contribution in [2.45, 2.75) is 12.8 Å². The van der Waals surface area contributed by atoms with E-state index in [1.54, 1.807) is 12.1 Å². The Hall–Kier alpha value is -3.15. The molecule has 0 unspecified atom stereocenters. The molecule has 2 aromatic carbocycles. The number of ether oxygens (including phenoxy) is 1. The molecule has 132 valence electrons. The Morgan fingerprint density at radius 2 is 1.77 bits per heavy atom. The van der Waals surface area contributed by atoms with Crippen LogP contribution in [-0.4, -0.2) is 11.3 Å². The number of hydrogen-bond donors (Lipinski definition) is 0. The minimum atomic E-state index is -4.48. The Morgan fingerprint density at radius 3 is 2.38 bits per heavy atom. The van der Waals surface area contributed by atoms with Crippen LogP contribution in [0.3, 0.4) is 0 Å². The zero-order valence-corrected chi connectivity index (χ0v) is 13.5.